The van der Waals surface area contributed by atoms with Gasteiger partial charge in [-0.25, -0.2) is 9.97 Å². The highest BCUT2D eigenvalue weighted by molar-refractivity contribution is 6.05. The topological polar surface area (TPSA) is 115 Å². The molecule has 1 aromatic carbocycles. The van der Waals surface area contributed by atoms with Crippen molar-refractivity contribution in [1.29, 1.82) is 0 Å². The van der Waals surface area contributed by atoms with Crippen molar-refractivity contribution in [2.75, 3.05) is 31.2 Å². The fourth-order valence-electron chi connectivity index (χ4n) is 3.61. The molecule has 0 aliphatic carbocycles. The van der Waals surface area contributed by atoms with Crippen molar-refractivity contribution in [3.63, 3.8) is 0 Å². The van der Waals surface area contributed by atoms with Crippen LogP contribution >= 0.6 is 0 Å². The van der Waals surface area contributed by atoms with Gasteiger partial charge in [0.2, 0.25) is 0 Å². The van der Waals surface area contributed by atoms with E-state index in [1.807, 2.05) is 58.9 Å². The minimum Gasteiger partial charge on any atom is -0.481 e. The van der Waals surface area contributed by atoms with Crippen molar-refractivity contribution in [3.05, 3.63) is 30.1 Å². The van der Waals surface area contributed by atoms with E-state index in [1.54, 1.807) is 0 Å². The van der Waals surface area contributed by atoms with Gasteiger partial charge in [0.1, 0.15) is 22.5 Å². The molecule has 0 bridgehead atoms. The SMILES string of the molecule is CC.CC(C)(C)OC=O.O=C(O)CCOCCCc1nc(N2CCCC2)c2oc3ccccc3c2n1. The fraction of sp³-hybridized carbons (Fsp3) is 0.556. The predicted molar refractivity (Wildman–Crippen MR) is 140 cm³/mol. The third kappa shape index (κ3) is 8.78. The van der Waals surface area contributed by atoms with Crippen molar-refractivity contribution in [2.24, 2.45) is 0 Å². The number of carboxylic acid groups (broad SMARTS) is 1. The summed E-state index contributed by atoms with van der Waals surface area (Å²) < 4.78 is 16.0. The lowest BCUT2D eigenvalue weighted by molar-refractivity contribution is -0.139. The standard InChI is InChI=1S/C20H23N3O4.C5H10O2.C2H6/c24-17(25)9-13-26-12-5-8-16-21-18-14-6-1-2-7-15(14)27-19(18)20(22-16)23-10-3-4-11-23;1-5(2,3)7-4-6;1-2/h1-2,6-7H,3-5,8-13H2,(H,24,25);4H,1-3H3;1-2H3. The van der Waals surface area contributed by atoms with Gasteiger partial charge in [-0.15, -0.1) is 0 Å². The van der Waals surface area contributed by atoms with Gasteiger partial charge in [-0.2, -0.15) is 0 Å². The normalized spacial score (nSPS) is 13.1. The summed E-state index contributed by atoms with van der Waals surface area (Å²) >= 11 is 0. The number of carboxylic acids is 1. The number of carbonyl (C=O) groups excluding carboxylic acids is 1. The molecule has 0 atom stereocenters. The van der Waals surface area contributed by atoms with Crippen molar-refractivity contribution < 1.29 is 28.6 Å². The number of furan rings is 1. The van der Waals surface area contributed by atoms with Crippen LogP contribution in [0.5, 0.6) is 0 Å². The third-order valence-corrected chi connectivity index (χ3v) is 5.20. The number of nitrogens with zero attached hydrogens (tertiary/aromatic N) is 3. The monoisotopic (exact) mass is 501 g/mol. The molecular weight excluding hydrogens is 462 g/mol. The molecule has 0 amide bonds. The summed E-state index contributed by atoms with van der Waals surface area (Å²) in [6.45, 7) is 12.6. The molecule has 1 N–H and O–H groups in total. The van der Waals surface area contributed by atoms with Gasteiger partial charge in [0.25, 0.3) is 6.47 Å². The highest BCUT2D eigenvalue weighted by atomic mass is 16.5. The van der Waals surface area contributed by atoms with E-state index >= 15 is 0 Å². The predicted octanol–water partition coefficient (Wildman–Crippen LogP) is 5.38. The average Bonchev–Trinajstić information content (AvgIpc) is 3.50. The van der Waals surface area contributed by atoms with Gasteiger partial charge in [-0.1, -0.05) is 26.0 Å². The van der Waals surface area contributed by atoms with Crippen molar-refractivity contribution >= 4 is 40.3 Å². The Morgan fingerprint density at radius 3 is 2.44 bits per heavy atom. The van der Waals surface area contributed by atoms with E-state index in [9.17, 15) is 9.59 Å². The Labute approximate surface area is 212 Å². The van der Waals surface area contributed by atoms with Gasteiger partial charge in [-0.3, -0.25) is 9.59 Å². The number of benzene rings is 1. The number of aryl methyl sites for hydroxylation is 1. The first-order chi connectivity index (χ1) is 17.3. The molecule has 9 nitrogen and oxygen atoms in total. The molecule has 9 heteroatoms. The lowest BCUT2D eigenvalue weighted by Crippen LogP contribution is -2.20. The zero-order valence-corrected chi connectivity index (χ0v) is 22.1. The Kier molecular flexibility index (Phi) is 11.6. The van der Waals surface area contributed by atoms with Crippen molar-refractivity contribution in [2.45, 2.75) is 72.3 Å². The van der Waals surface area contributed by atoms with Gasteiger partial charge in [0.05, 0.1) is 13.0 Å². The summed E-state index contributed by atoms with van der Waals surface area (Å²) in [6, 6.07) is 7.94. The molecule has 0 radical (unpaired) electrons. The van der Waals surface area contributed by atoms with Crippen LogP contribution in [0.15, 0.2) is 28.7 Å². The second kappa shape index (κ2) is 14.4. The van der Waals surface area contributed by atoms with Gasteiger partial charge in [0.15, 0.2) is 11.4 Å². The molecule has 2 aromatic heterocycles. The van der Waals surface area contributed by atoms with Crippen LogP contribution in [0.2, 0.25) is 0 Å². The maximum Gasteiger partial charge on any atom is 0.305 e. The van der Waals surface area contributed by atoms with Crippen LogP contribution in [-0.4, -0.2) is 59.4 Å². The Morgan fingerprint density at radius 1 is 1.14 bits per heavy atom. The summed E-state index contributed by atoms with van der Waals surface area (Å²) in [6.07, 6.45) is 3.79. The smallest absolute Gasteiger partial charge is 0.305 e. The molecule has 198 valence electrons. The maximum absolute atomic E-state index is 10.5. The zero-order chi connectivity index (χ0) is 26.6. The second-order valence-electron chi connectivity index (χ2n) is 9.12. The lowest BCUT2D eigenvalue weighted by atomic mass is 10.2. The quantitative estimate of drug-likeness (QED) is 0.304. The van der Waals surface area contributed by atoms with Gasteiger partial charge in [-0.05, 0) is 52.2 Å². The second-order valence-corrected chi connectivity index (χ2v) is 9.12. The van der Waals surface area contributed by atoms with Crippen molar-refractivity contribution in [1.82, 2.24) is 9.97 Å². The number of carbonyl (C=O) groups is 2. The first-order valence-electron chi connectivity index (χ1n) is 12.6. The number of aliphatic carboxylic acids is 1. The molecule has 0 spiro atoms. The summed E-state index contributed by atoms with van der Waals surface area (Å²) in [5.74, 6) is 0.819. The molecule has 0 unspecified atom stereocenters. The lowest BCUT2D eigenvalue weighted by Gasteiger charge is -2.17. The van der Waals surface area contributed by atoms with Gasteiger partial charge >= 0.3 is 5.97 Å². The van der Waals surface area contributed by atoms with Crippen LogP contribution in [0.25, 0.3) is 22.1 Å². The average molecular weight is 502 g/mol. The minimum atomic E-state index is -0.842. The van der Waals surface area contributed by atoms with E-state index in [-0.39, 0.29) is 18.6 Å². The highest BCUT2D eigenvalue weighted by Gasteiger charge is 2.22. The van der Waals surface area contributed by atoms with E-state index in [2.05, 4.69) is 9.64 Å². The summed E-state index contributed by atoms with van der Waals surface area (Å²) in [7, 11) is 0. The van der Waals surface area contributed by atoms with Gasteiger partial charge in [0, 0.05) is 31.5 Å². The molecule has 36 heavy (non-hydrogen) atoms. The number of hydrogen-bond acceptors (Lipinski definition) is 8. The number of para-hydroxylation sites is 1. The van der Waals surface area contributed by atoms with Crippen LogP contribution in [0.1, 0.15) is 66.1 Å². The number of fused-ring (bicyclic) bond motifs is 3. The number of ether oxygens (including phenoxy) is 2. The minimum absolute atomic E-state index is 0.0303. The Morgan fingerprint density at radius 2 is 1.83 bits per heavy atom. The maximum atomic E-state index is 10.5. The van der Waals surface area contributed by atoms with Crippen LogP contribution in [0, 0.1) is 0 Å². The van der Waals surface area contributed by atoms with E-state index in [0.717, 1.165) is 53.2 Å². The molecule has 1 saturated heterocycles. The number of anilines is 1. The molecule has 1 aliphatic heterocycles. The van der Waals surface area contributed by atoms with Gasteiger partial charge < -0.3 is 23.9 Å². The zero-order valence-electron chi connectivity index (χ0n) is 22.1. The summed E-state index contributed by atoms with van der Waals surface area (Å²) in [4.78, 5) is 31.9. The van der Waals surface area contributed by atoms with Crippen molar-refractivity contribution in [3.8, 4) is 0 Å². The number of aromatic nitrogens is 2. The highest BCUT2D eigenvalue weighted by Crippen LogP contribution is 2.34. The molecule has 4 rings (SSSR count). The van der Waals surface area contributed by atoms with Crippen LogP contribution < -0.4 is 4.90 Å². The van der Waals surface area contributed by atoms with Crippen LogP contribution in [0.3, 0.4) is 0 Å². The van der Waals surface area contributed by atoms with E-state index < -0.39 is 5.97 Å². The molecule has 0 saturated carbocycles. The molecule has 3 aromatic rings. The summed E-state index contributed by atoms with van der Waals surface area (Å²) in [5, 5.41) is 9.64. The van der Waals surface area contributed by atoms with Crippen LogP contribution in [0.4, 0.5) is 5.82 Å². The fourth-order valence-corrected chi connectivity index (χ4v) is 3.61. The Hall–Kier alpha value is -3.20. The number of rotatable bonds is 9. The summed E-state index contributed by atoms with van der Waals surface area (Å²) in [5.41, 5.74) is 2.14. The van der Waals surface area contributed by atoms with E-state index in [1.165, 1.54) is 12.8 Å². The Bertz CT molecular complexity index is 1100. The molecule has 1 aliphatic rings. The molecule has 1 fully saturated rings. The first-order valence-corrected chi connectivity index (χ1v) is 12.6. The molecular formula is C27H39N3O6. The Balaban J connectivity index is 0.000000440. The van der Waals surface area contributed by atoms with Crippen LogP contribution in [-0.2, 0) is 25.5 Å². The first kappa shape index (κ1) is 29.0. The van der Waals surface area contributed by atoms with E-state index in [4.69, 9.17) is 24.2 Å². The largest absolute Gasteiger partial charge is 0.481 e. The third-order valence-electron chi connectivity index (χ3n) is 5.20. The number of hydrogen-bond donors (Lipinski definition) is 1. The molecule has 3 heterocycles. The van der Waals surface area contributed by atoms with E-state index in [0.29, 0.717) is 19.5 Å².